The normalized spacial score (nSPS) is 19.4. The van der Waals surface area contributed by atoms with E-state index in [9.17, 15) is 4.79 Å². The first-order valence-corrected chi connectivity index (χ1v) is 5.87. The molecule has 1 amide bonds. The molecular formula is C9H18N2O2S. The van der Waals surface area contributed by atoms with E-state index >= 15 is 0 Å². The standard InChI is InChI=1S/C9H18N2O2S/c1-8(10(2)14-7-6-12)11-5-3-4-9(11)13/h8,12H,3-7H2,1-2H3. The van der Waals surface area contributed by atoms with Gasteiger partial charge in [0.05, 0.1) is 12.8 Å². The van der Waals surface area contributed by atoms with Crippen LogP contribution in [0, 0.1) is 0 Å². The lowest BCUT2D eigenvalue weighted by Crippen LogP contribution is -2.42. The molecule has 0 aliphatic carbocycles. The number of aliphatic hydroxyl groups excluding tert-OH is 1. The van der Waals surface area contributed by atoms with Crippen molar-refractivity contribution in [1.82, 2.24) is 9.21 Å². The number of carbonyl (C=O) groups excluding carboxylic acids is 1. The summed E-state index contributed by atoms with van der Waals surface area (Å²) in [4.78, 5) is 13.3. The molecule has 0 spiro atoms. The fourth-order valence-corrected chi connectivity index (χ4v) is 2.25. The highest BCUT2D eigenvalue weighted by Gasteiger charge is 2.27. The van der Waals surface area contributed by atoms with Gasteiger partial charge in [0.1, 0.15) is 0 Å². The summed E-state index contributed by atoms with van der Waals surface area (Å²) in [5, 5.41) is 8.69. The lowest BCUT2D eigenvalue weighted by molar-refractivity contribution is -0.130. The van der Waals surface area contributed by atoms with Crippen molar-refractivity contribution in [2.45, 2.75) is 25.9 Å². The van der Waals surface area contributed by atoms with Crippen LogP contribution >= 0.6 is 11.9 Å². The SMILES string of the molecule is CC(N(C)SCCO)N1CCCC1=O. The van der Waals surface area contributed by atoms with Gasteiger partial charge in [-0.1, -0.05) is 11.9 Å². The first-order valence-electron chi connectivity index (χ1n) is 4.93. The fourth-order valence-electron chi connectivity index (χ4n) is 1.55. The van der Waals surface area contributed by atoms with Crippen molar-refractivity contribution in [2.75, 3.05) is 26.0 Å². The summed E-state index contributed by atoms with van der Waals surface area (Å²) >= 11 is 1.56. The zero-order valence-corrected chi connectivity index (χ0v) is 9.59. The van der Waals surface area contributed by atoms with Gasteiger partial charge in [-0.05, 0) is 20.4 Å². The van der Waals surface area contributed by atoms with E-state index in [1.165, 1.54) is 0 Å². The third-order valence-corrected chi connectivity index (χ3v) is 3.55. The van der Waals surface area contributed by atoms with Gasteiger partial charge < -0.3 is 10.0 Å². The largest absolute Gasteiger partial charge is 0.395 e. The van der Waals surface area contributed by atoms with Gasteiger partial charge in [-0.2, -0.15) is 0 Å². The van der Waals surface area contributed by atoms with Gasteiger partial charge in [-0.25, -0.2) is 4.31 Å². The average molecular weight is 218 g/mol. The topological polar surface area (TPSA) is 43.8 Å². The number of likely N-dealkylation sites (tertiary alicyclic amines) is 1. The lowest BCUT2D eigenvalue weighted by Gasteiger charge is -2.31. The Labute approximate surface area is 89.4 Å². The van der Waals surface area contributed by atoms with Crippen molar-refractivity contribution in [1.29, 1.82) is 0 Å². The Kier molecular flexibility index (Phi) is 4.71. The molecule has 1 aliphatic rings. The van der Waals surface area contributed by atoms with Crippen molar-refractivity contribution < 1.29 is 9.90 Å². The Hall–Kier alpha value is -0.260. The van der Waals surface area contributed by atoms with E-state index in [1.54, 1.807) is 11.9 Å². The average Bonchev–Trinajstić information content (AvgIpc) is 2.59. The molecule has 0 aromatic rings. The summed E-state index contributed by atoms with van der Waals surface area (Å²) in [6.45, 7) is 3.06. The Morgan fingerprint density at radius 3 is 2.93 bits per heavy atom. The van der Waals surface area contributed by atoms with Crippen LogP contribution in [0.25, 0.3) is 0 Å². The number of amides is 1. The minimum atomic E-state index is 0.126. The summed E-state index contributed by atoms with van der Waals surface area (Å²) in [5.74, 6) is 0.928. The van der Waals surface area contributed by atoms with Crippen LogP contribution in [0.3, 0.4) is 0 Å². The smallest absolute Gasteiger partial charge is 0.223 e. The number of aliphatic hydroxyl groups is 1. The van der Waals surface area contributed by atoms with Gasteiger partial charge in [-0.3, -0.25) is 4.79 Å². The quantitative estimate of drug-likeness (QED) is 0.684. The summed E-state index contributed by atoms with van der Waals surface area (Å²) < 4.78 is 2.03. The van der Waals surface area contributed by atoms with Crippen LogP contribution in [-0.4, -0.2) is 52.3 Å². The van der Waals surface area contributed by atoms with Crippen LogP contribution in [0.5, 0.6) is 0 Å². The number of hydrogen-bond acceptors (Lipinski definition) is 4. The minimum absolute atomic E-state index is 0.126. The molecule has 0 radical (unpaired) electrons. The number of carbonyl (C=O) groups is 1. The zero-order chi connectivity index (χ0) is 10.6. The second-order valence-electron chi connectivity index (χ2n) is 3.43. The first kappa shape index (κ1) is 11.8. The van der Waals surface area contributed by atoms with E-state index in [1.807, 2.05) is 23.2 Å². The maximum atomic E-state index is 11.4. The van der Waals surface area contributed by atoms with Crippen LogP contribution in [0.2, 0.25) is 0 Å². The number of rotatable bonds is 5. The molecule has 1 aliphatic heterocycles. The fraction of sp³-hybridized carbons (Fsp3) is 0.889. The Bertz CT molecular complexity index is 201. The van der Waals surface area contributed by atoms with Crippen molar-refractivity contribution in [3.63, 3.8) is 0 Å². The molecule has 0 bridgehead atoms. The van der Waals surface area contributed by atoms with Crippen LogP contribution in [0.4, 0.5) is 0 Å². The highest BCUT2D eigenvalue weighted by molar-refractivity contribution is 7.97. The van der Waals surface area contributed by atoms with Crippen molar-refractivity contribution >= 4 is 17.9 Å². The molecule has 82 valence electrons. The van der Waals surface area contributed by atoms with E-state index < -0.39 is 0 Å². The summed E-state index contributed by atoms with van der Waals surface area (Å²) in [6, 6.07) is 0. The molecule has 0 aromatic carbocycles. The molecule has 1 atom stereocenters. The number of nitrogens with zero attached hydrogens (tertiary/aromatic N) is 2. The predicted molar refractivity (Wildman–Crippen MR) is 57.7 cm³/mol. The highest BCUT2D eigenvalue weighted by atomic mass is 32.2. The Morgan fingerprint density at radius 2 is 2.43 bits per heavy atom. The van der Waals surface area contributed by atoms with Crippen LogP contribution in [-0.2, 0) is 4.79 Å². The van der Waals surface area contributed by atoms with Crippen LogP contribution < -0.4 is 0 Å². The van der Waals surface area contributed by atoms with Crippen molar-refractivity contribution in [3.8, 4) is 0 Å². The third kappa shape index (κ3) is 2.87. The Morgan fingerprint density at radius 1 is 1.71 bits per heavy atom. The predicted octanol–water partition coefficient (Wildman–Crippen LogP) is 0.527. The van der Waals surface area contributed by atoms with E-state index in [-0.39, 0.29) is 18.7 Å². The minimum Gasteiger partial charge on any atom is -0.395 e. The first-order chi connectivity index (χ1) is 6.66. The van der Waals surface area contributed by atoms with Gasteiger partial charge in [0.15, 0.2) is 0 Å². The maximum absolute atomic E-state index is 11.4. The van der Waals surface area contributed by atoms with Crippen LogP contribution in [0.1, 0.15) is 19.8 Å². The van der Waals surface area contributed by atoms with Gasteiger partial charge in [0, 0.05) is 18.7 Å². The number of hydrogen-bond donors (Lipinski definition) is 1. The molecule has 14 heavy (non-hydrogen) atoms. The zero-order valence-electron chi connectivity index (χ0n) is 8.77. The van der Waals surface area contributed by atoms with E-state index in [0.29, 0.717) is 12.2 Å². The van der Waals surface area contributed by atoms with Crippen molar-refractivity contribution in [3.05, 3.63) is 0 Å². The van der Waals surface area contributed by atoms with Gasteiger partial charge in [-0.15, -0.1) is 0 Å². The molecule has 0 saturated carbocycles. The second-order valence-corrected chi connectivity index (χ2v) is 4.67. The molecule has 1 N–H and O–H groups in total. The van der Waals surface area contributed by atoms with E-state index in [0.717, 1.165) is 13.0 Å². The molecule has 1 saturated heterocycles. The maximum Gasteiger partial charge on any atom is 0.223 e. The van der Waals surface area contributed by atoms with E-state index in [4.69, 9.17) is 5.11 Å². The molecule has 1 heterocycles. The van der Waals surface area contributed by atoms with E-state index in [2.05, 4.69) is 0 Å². The Balaban J connectivity index is 2.38. The lowest BCUT2D eigenvalue weighted by atomic mass is 10.4. The highest BCUT2D eigenvalue weighted by Crippen LogP contribution is 2.19. The molecule has 1 unspecified atom stereocenters. The molecule has 0 aromatic heterocycles. The second kappa shape index (κ2) is 5.58. The van der Waals surface area contributed by atoms with Gasteiger partial charge in [0.2, 0.25) is 5.91 Å². The molecular weight excluding hydrogens is 200 g/mol. The molecule has 1 fully saturated rings. The molecule has 5 heteroatoms. The third-order valence-electron chi connectivity index (χ3n) is 2.47. The summed E-state index contributed by atoms with van der Waals surface area (Å²) in [5.41, 5.74) is 0. The van der Waals surface area contributed by atoms with Crippen LogP contribution in [0.15, 0.2) is 0 Å². The summed E-state index contributed by atoms with van der Waals surface area (Å²) in [6.07, 6.45) is 1.78. The summed E-state index contributed by atoms with van der Waals surface area (Å²) in [7, 11) is 1.95. The van der Waals surface area contributed by atoms with Gasteiger partial charge in [0.25, 0.3) is 0 Å². The molecule has 4 nitrogen and oxygen atoms in total. The molecule has 1 rings (SSSR count). The van der Waals surface area contributed by atoms with Crippen molar-refractivity contribution in [2.24, 2.45) is 0 Å². The van der Waals surface area contributed by atoms with Gasteiger partial charge >= 0.3 is 0 Å². The monoisotopic (exact) mass is 218 g/mol.